The number of aliphatic hydroxyl groups excluding tert-OH is 1. The summed E-state index contributed by atoms with van der Waals surface area (Å²) in [6.07, 6.45) is 5.76. The van der Waals surface area contributed by atoms with E-state index in [0.29, 0.717) is 11.8 Å². The van der Waals surface area contributed by atoms with Crippen molar-refractivity contribution in [1.82, 2.24) is 0 Å². The van der Waals surface area contributed by atoms with Crippen molar-refractivity contribution in [2.75, 3.05) is 0 Å². The minimum absolute atomic E-state index is 0.0486. The van der Waals surface area contributed by atoms with E-state index in [1.807, 2.05) is 13.8 Å². The number of aliphatic hydroxyl groups is 1. The maximum atomic E-state index is 9.78. The molecule has 0 aromatic rings. The Balaban J connectivity index is 2.78. The van der Waals surface area contributed by atoms with E-state index in [1.165, 1.54) is 25.7 Å². The monoisotopic (exact) mass is 273 g/mol. The first-order chi connectivity index (χ1) is 8.30. The molecule has 0 heterocycles. The molecule has 0 bridgehead atoms. The summed E-state index contributed by atoms with van der Waals surface area (Å²) in [5, 5.41) is 9.78. The van der Waals surface area contributed by atoms with E-state index in [1.54, 1.807) is 0 Å². The molecule has 0 aromatic carbocycles. The molecule has 0 radical (unpaired) electrons. The van der Waals surface area contributed by atoms with Gasteiger partial charge in [0.15, 0.2) is 0 Å². The van der Waals surface area contributed by atoms with Crippen LogP contribution in [0.2, 0.25) is 0 Å². The van der Waals surface area contributed by atoms with Crippen LogP contribution in [0.25, 0.3) is 0 Å². The zero-order valence-corrected chi connectivity index (χ0v) is 13.3. The molecule has 1 aliphatic rings. The molecule has 108 valence electrons. The third kappa shape index (κ3) is 3.64. The fourth-order valence-electron chi connectivity index (χ4n) is 3.41. The van der Waals surface area contributed by atoms with Crippen molar-refractivity contribution >= 4 is 12.6 Å². The molecule has 2 nitrogen and oxygen atoms in total. The van der Waals surface area contributed by atoms with Gasteiger partial charge in [-0.1, -0.05) is 19.8 Å². The summed E-state index contributed by atoms with van der Waals surface area (Å²) in [7, 11) is 0. The van der Waals surface area contributed by atoms with Crippen molar-refractivity contribution in [2.24, 2.45) is 23.5 Å². The fraction of sp³-hybridized carbons (Fsp3) is 1.00. The number of thiol groups is 1. The van der Waals surface area contributed by atoms with Gasteiger partial charge < -0.3 is 10.8 Å². The molecule has 6 atom stereocenters. The zero-order valence-electron chi connectivity index (χ0n) is 12.4. The Hall–Kier alpha value is 0.270. The second-order valence-electron chi connectivity index (χ2n) is 6.50. The third-order valence-electron chi connectivity index (χ3n) is 4.92. The van der Waals surface area contributed by atoms with Gasteiger partial charge in [-0.3, -0.25) is 0 Å². The highest BCUT2D eigenvalue weighted by molar-refractivity contribution is 7.81. The number of hydrogen-bond donors (Lipinski definition) is 3. The molecule has 1 fully saturated rings. The lowest BCUT2D eigenvalue weighted by atomic mass is 9.60. The van der Waals surface area contributed by atoms with Crippen LogP contribution in [0.5, 0.6) is 0 Å². The van der Waals surface area contributed by atoms with Crippen LogP contribution in [0, 0.1) is 17.8 Å². The lowest BCUT2D eigenvalue weighted by Crippen LogP contribution is -2.51. The van der Waals surface area contributed by atoms with Crippen molar-refractivity contribution in [1.29, 1.82) is 0 Å². The molecular weight excluding hydrogens is 242 g/mol. The molecule has 0 amide bonds. The molecular formula is C15H31NOS. The Bertz CT molecular complexity index is 253. The van der Waals surface area contributed by atoms with E-state index in [2.05, 4.69) is 13.8 Å². The minimum Gasteiger partial charge on any atom is -0.393 e. The smallest absolute Gasteiger partial charge is 0.0515 e. The topological polar surface area (TPSA) is 46.2 Å². The largest absolute Gasteiger partial charge is 0.393 e. The second-order valence-corrected chi connectivity index (χ2v) is 7.46. The third-order valence-corrected chi connectivity index (χ3v) is 5.66. The Morgan fingerprint density at radius 1 is 1.39 bits per heavy atom. The maximum absolute atomic E-state index is 9.78. The first-order valence-electron chi connectivity index (χ1n) is 7.46. The summed E-state index contributed by atoms with van der Waals surface area (Å²) in [4.78, 5) is 0. The average molecular weight is 273 g/mol. The molecule has 0 saturated heterocycles. The molecule has 0 aromatic heterocycles. The van der Waals surface area contributed by atoms with Gasteiger partial charge in [0.1, 0.15) is 0 Å². The van der Waals surface area contributed by atoms with E-state index in [9.17, 15) is 5.11 Å². The molecule has 3 N–H and O–H groups in total. The molecule has 3 heteroatoms. The second kappa shape index (κ2) is 6.62. The predicted molar refractivity (Wildman–Crippen MR) is 82.0 cm³/mol. The summed E-state index contributed by atoms with van der Waals surface area (Å²) in [5.74, 6) is 1.95. The molecule has 6 unspecified atom stereocenters. The summed E-state index contributed by atoms with van der Waals surface area (Å²) < 4.78 is -0.186. The Kier molecular flexibility index (Phi) is 6.01. The van der Waals surface area contributed by atoms with Gasteiger partial charge in [0.25, 0.3) is 0 Å². The summed E-state index contributed by atoms with van der Waals surface area (Å²) in [6.45, 7) is 8.32. The Morgan fingerprint density at radius 3 is 2.33 bits per heavy atom. The lowest BCUT2D eigenvalue weighted by molar-refractivity contribution is 0.0354. The quantitative estimate of drug-likeness (QED) is 0.624. The van der Waals surface area contributed by atoms with E-state index >= 15 is 0 Å². The molecule has 1 rings (SSSR count). The molecule has 1 aliphatic carbocycles. The molecule has 0 aliphatic heterocycles. The van der Waals surface area contributed by atoms with Crippen molar-refractivity contribution in [3.8, 4) is 0 Å². The first-order valence-corrected chi connectivity index (χ1v) is 7.91. The highest BCUT2D eigenvalue weighted by Gasteiger charge is 2.45. The Labute approximate surface area is 118 Å². The van der Waals surface area contributed by atoms with Crippen molar-refractivity contribution in [3.05, 3.63) is 0 Å². The highest BCUT2D eigenvalue weighted by Crippen LogP contribution is 2.49. The number of nitrogens with two attached hydrogens (primary N) is 1. The molecule has 18 heavy (non-hydrogen) atoms. The van der Waals surface area contributed by atoms with Crippen molar-refractivity contribution in [3.63, 3.8) is 0 Å². The SMILES string of the molecule is CCCC1CCC1C(CC(C)O)C(C)(S)C(C)N. The molecule has 0 spiro atoms. The van der Waals surface area contributed by atoms with E-state index in [4.69, 9.17) is 18.4 Å². The minimum atomic E-state index is -0.261. The van der Waals surface area contributed by atoms with Gasteiger partial charge in [-0.05, 0) is 57.8 Å². The number of rotatable bonds is 7. The summed E-state index contributed by atoms with van der Waals surface area (Å²) >= 11 is 4.85. The van der Waals surface area contributed by atoms with Crippen LogP contribution in [-0.4, -0.2) is 22.0 Å². The average Bonchev–Trinajstić information content (AvgIpc) is 2.22. The summed E-state index contributed by atoms with van der Waals surface area (Å²) in [5.41, 5.74) is 6.12. The number of hydrogen-bond acceptors (Lipinski definition) is 3. The van der Waals surface area contributed by atoms with Crippen LogP contribution in [0.3, 0.4) is 0 Å². The Morgan fingerprint density at radius 2 is 2.00 bits per heavy atom. The lowest BCUT2D eigenvalue weighted by Gasteiger charge is -2.50. The van der Waals surface area contributed by atoms with Gasteiger partial charge >= 0.3 is 0 Å². The first kappa shape index (κ1) is 16.3. The standard InChI is InChI=1S/C15H31NOS/c1-5-6-12-7-8-13(12)14(9-10(2)17)15(4,18)11(3)16/h10-14,17-18H,5-9,16H2,1-4H3. The van der Waals surface area contributed by atoms with Gasteiger partial charge in [-0.2, -0.15) is 12.6 Å². The van der Waals surface area contributed by atoms with Crippen LogP contribution in [-0.2, 0) is 0 Å². The van der Waals surface area contributed by atoms with Gasteiger partial charge in [0.2, 0.25) is 0 Å². The van der Waals surface area contributed by atoms with Crippen LogP contribution in [0.1, 0.15) is 59.8 Å². The summed E-state index contributed by atoms with van der Waals surface area (Å²) in [6, 6.07) is 0.0486. The van der Waals surface area contributed by atoms with E-state index < -0.39 is 0 Å². The van der Waals surface area contributed by atoms with Gasteiger partial charge in [0.05, 0.1) is 6.10 Å². The van der Waals surface area contributed by atoms with Crippen LogP contribution in [0.15, 0.2) is 0 Å². The normalized spacial score (nSPS) is 32.2. The van der Waals surface area contributed by atoms with E-state index in [-0.39, 0.29) is 16.9 Å². The van der Waals surface area contributed by atoms with Crippen molar-refractivity contribution in [2.45, 2.75) is 76.7 Å². The zero-order chi connectivity index (χ0) is 13.9. The van der Waals surface area contributed by atoms with Crippen LogP contribution < -0.4 is 5.73 Å². The van der Waals surface area contributed by atoms with Crippen LogP contribution >= 0.6 is 12.6 Å². The maximum Gasteiger partial charge on any atom is 0.0515 e. The van der Waals surface area contributed by atoms with Crippen LogP contribution in [0.4, 0.5) is 0 Å². The van der Waals surface area contributed by atoms with Gasteiger partial charge in [-0.25, -0.2) is 0 Å². The highest BCUT2D eigenvalue weighted by atomic mass is 32.1. The van der Waals surface area contributed by atoms with E-state index in [0.717, 1.165) is 12.3 Å². The van der Waals surface area contributed by atoms with Gasteiger partial charge in [-0.15, -0.1) is 0 Å². The molecule has 1 saturated carbocycles. The van der Waals surface area contributed by atoms with Gasteiger partial charge in [0, 0.05) is 10.8 Å². The van der Waals surface area contributed by atoms with Crippen molar-refractivity contribution < 1.29 is 5.11 Å². The predicted octanol–water partition coefficient (Wildman–Crippen LogP) is 3.24. The fourth-order valence-corrected chi connectivity index (χ4v) is 3.70.